The molecule has 0 aliphatic carbocycles. The van der Waals surface area contributed by atoms with Gasteiger partial charge in [-0.05, 0) is 17.5 Å². The number of hydrogen-bond donors (Lipinski definition) is 3. The van der Waals surface area contributed by atoms with Gasteiger partial charge >= 0.3 is 0 Å². The summed E-state index contributed by atoms with van der Waals surface area (Å²) >= 11 is 0. The Morgan fingerprint density at radius 3 is 2.61 bits per heavy atom. The van der Waals surface area contributed by atoms with Gasteiger partial charge in [-0.1, -0.05) is 18.2 Å². The Bertz CT molecular complexity index is 587. The molecule has 0 unspecified atom stereocenters. The van der Waals surface area contributed by atoms with Crippen molar-refractivity contribution in [2.45, 2.75) is 18.8 Å². The molecule has 0 aliphatic heterocycles. The fourth-order valence-corrected chi connectivity index (χ4v) is 2.82. The number of aliphatic hydroxyl groups excluding tert-OH is 3. The van der Waals surface area contributed by atoms with Gasteiger partial charge in [0.25, 0.3) is 0 Å². The molecule has 1 aromatic heterocycles. The zero-order valence-corrected chi connectivity index (χ0v) is 13.5. The van der Waals surface area contributed by atoms with Crippen LogP contribution in [0.2, 0.25) is 0 Å². The van der Waals surface area contributed by atoms with Gasteiger partial charge in [-0.25, -0.2) is 0 Å². The summed E-state index contributed by atoms with van der Waals surface area (Å²) in [6.07, 6.45) is 0.739. The lowest BCUT2D eigenvalue weighted by molar-refractivity contribution is 0.0175. The smallest absolute Gasteiger partial charge is 0.0900 e. The van der Waals surface area contributed by atoms with Gasteiger partial charge in [-0.3, -0.25) is 4.90 Å². The molecular weight excluding hydrogens is 296 g/mol. The summed E-state index contributed by atoms with van der Waals surface area (Å²) in [7, 11) is 1.53. The van der Waals surface area contributed by atoms with Crippen molar-refractivity contribution in [3.63, 3.8) is 0 Å². The molecule has 6 nitrogen and oxygen atoms in total. The molecule has 0 radical (unpaired) electrons. The number of benzene rings is 1. The Morgan fingerprint density at radius 1 is 1.13 bits per heavy atom. The Labute approximate surface area is 136 Å². The molecule has 0 saturated carbocycles. The van der Waals surface area contributed by atoms with E-state index in [-0.39, 0.29) is 13.2 Å². The zero-order chi connectivity index (χ0) is 16.7. The third-order valence-electron chi connectivity index (χ3n) is 3.80. The summed E-state index contributed by atoms with van der Waals surface area (Å²) in [4.78, 5) is 1.85. The number of ether oxygens (including phenoxy) is 1. The minimum atomic E-state index is -0.633. The highest BCUT2D eigenvalue weighted by Crippen LogP contribution is 2.15. The molecule has 3 N–H and O–H groups in total. The second-order valence-corrected chi connectivity index (χ2v) is 5.77. The molecule has 0 spiro atoms. The quantitative estimate of drug-likeness (QED) is 0.587. The van der Waals surface area contributed by atoms with Crippen molar-refractivity contribution >= 4 is 10.9 Å². The summed E-state index contributed by atoms with van der Waals surface area (Å²) in [5.74, 6) is 0. The third kappa shape index (κ3) is 5.30. The Balaban J connectivity index is 1.94. The lowest BCUT2D eigenvalue weighted by Gasteiger charge is -2.26. The number of aromatic nitrogens is 1. The predicted octanol–water partition coefficient (Wildman–Crippen LogP) is 0.304. The Morgan fingerprint density at radius 2 is 1.87 bits per heavy atom. The maximum absolute atomic E-state index is 10.4. The van der Waals surface area contributed by atoms with Crippen LogP contribution in [0.1, 0.15) is 0 Å². The molecule has 1 heterocycles. The van der Waals surface area contributed by atoms with Crippen molar-refractivity contribution in [2.75, 3.05) is 40.0 Å². The SMILES string of the molecule is COC[C@@H](O)CN(CCO)C[C@H](O)Cn1ccc2ccccc21. The first-order valence-corrected chi connectivity index (χ1v) is 7.86. The van der Waals surface area contributed by atoms with Crippen LogP contribution in [0.5, 0.6) is 0 Å². The lowest BCUT2D eigenvalue weighted by Crippen LogP contribution is -2.42. The number of nitrogens with zero attached hydrogens (tertiary/aromatic N) is 2. The minimum Gasteiger partial charge on any atom is -0.395 e. The molecule has 23 heavy (non-hydrogen) atoms. The molecule has 0 aliphatic rings. The van der Waals surface area contributed by atoms with E-state index < -0.39 is 12.2 Å². The van der Waals surface area contributed by atoms with Gasteiger partial charge in [-0.2, -0.15) is 0 Å². The van der Waals surface area contributed by atoms with Crippen LogP contribution in [0.4, 0.5) is 0 Å². The van der Waals surface area contributed by atoms with Gasteiger partial charge in [0.2, 0.25) is 0 Å². The van der Waals surface area contributed by atoms with Gasteiger partial charge < -0.3 is 24.6 Å². The molecule has 2 atom stereocenters. The number of rotatable bonds is 10. The highest BCUT2D eigenvalue weighted by molar-refractivity contribution is 5.79. The van der Waals surface area contributed by atoms with Crippen molar-refractivity contribution in [3.8, 4) is 0 Å². The highest BCUT2D eigenvalue weighted by Gasteiger charge is 2.16. The van der Waals surface area contributed by atoms with Crippen LogP contribution in [-0.2, 0) is 11.3 Å². The molecule has 128 valence electrons. The number of methoxy groups -OCH3 is 1. The number of hydrogen-bond acceptors (Lipinski definition) is 5. The second-order valence-electron chi connectivity index (χ2n) is 5.77. The van der Waals surface area contributed by atoms with Crippen molar-refractivity contribution in [1.82, 2.24) is 9.47 Å². The summed E-state index contributed by atoms with van der Waals surface area (Å²) in [6, 6.07) is 10.1. The number of fused-ring (bicyclic) bond motifs is 1. The van der Waals surface area contributed by atoms with Crippen LogP contribution in [-0.4, -0.2) is 77.0 Å². The number of para-hydroxylation sites is 1. The molecule has 0 amide bonds. The topological polar surface area (TPSA) is 78.1 Å². The fraction of sp³-hybridized carbons (Fsp3) is 0.529. The van der Waals surface area contributed by atoms with Gasteiger partial charge in [0.15, 0.2) is 0 Å². The fourth-order valence-electron chi connectivity index (χ4n) is 2.82. The van der Waals surface area contributed by atoms with E-state index in [1.165, 1.54) is 7.11 Å². The largest absolute Gasteiger partial charge is 0.395 e. The van der Waals surface area contributed by atoms with Gasteiger partial charge in [-0.15, -0.1) is 0 Å². The molecule has 2 rings (SSSR count). The highest BCUT2D eigenvalue weighted by atomic mass is 16.5. The van der Waals surface area contributed by atoms with E-state index in [4.69, 9.17) is 9.84 Å². The number of aliphatic hydroxyl groups is 3. The van der Waals surface area contributed by atoms with E-state index in [1.54, 1.807) is 0 Å². The van der Waals surface area contributed by atoms with Crippen LogP contribution in [0.25, 0.3) is 10.9 Å². The maximum atomic E-state index is 10.4. The van der Waals surface area contributed by atoms with Gasteiger partial charge in [0.05, 0.1) is 25.4 Å². The first-order valence-electron chi connectivity index (χ1n) is 7.86. The van der Waals surface area contributed by atoms with Crippen LogP contribution < -0.4 is 0 Å². The average molecular weight is 322 g/mol. The van der Waals surface area contributed by atoms with Crippen LogP contribution in [0.3, 0.4) is 0 Å². The maximum Gasteiger partial charge on any atom is 0.0900 e. The molecule has 0 bridgehead atoms. The third-order valence-corrected chi connectivity index (χ3v) is 3.80. The van der Waals surface area contributed by atoms with Crippen LogP contribution in [0.15, 0.2) is 36.5 Å². The Hall–Kier alpha value is -1.44. The van der Waals surface area contributed by atoms with Crippen LogP contribution >= 0.6 is 0 Å². The average Bonchev–Trinajstić information content (AvgIpc) is 2.91. The first kappa shape index (κ1) is 17.9. The van der Waals surface area contributed by atoms with E-state index in [2.05, 4.69) is 0 Å². The van der Waals surface area contributed by atoms with Crippen molar-refractivity contribution in [3.05, 3.63) is 36.5 Å². The molecule has 1 aromatic carbocycles. The summed E-state index contributed by atoms with van der Waals surface area (Å²) in [5.41, 5.74) is 1.08. The second kappa shape index (κ2) is 9.00. The first-order chi connectivity index (χ1) is 11.1. The molecular formula is C17H26N2O4. The Kier molecular flexibility index (Phi) is 7.01. The lowest BCUT2D eigenvalue weighted by atomic mass is 10.2. The van der Waals surface area contributed by atoms with E-state index in [9.17, 15) is 10.2 Å². The van der Waals surface area contributed by atoms with Crippen molar-refractivity contribution in [1.29, 1.82) is 0 Å². The minimum absolute atomic E-state index is 0.0150. The molecule has 0 saturated heterocycles. The van der Waals surface area contributed by atoms with E-state index in [0.29, 0.717) is 26.2 Å². The predicted molar refractivity (Wildman–Crippen MR) is 89.4 cm³/mol. The zero-order valence-electron chi connectivity index (χ0n) is 13.5. The van der Waals surface area contributed by atoms with E-state index in [0.717, 1.165) is 10.9 Å². The van der Waals surface area contributed by atoms with Gasteiger partial charge in [0.1, 0.15) is 0 Å². The summed E-state index contributed by atoms with van der Waals surface area (Å²) < 4.78 is 6.93. The normalized spacial score (nSPS) is 14.5. The van der Waals surface area contributed by atoms with E-state index in [1.807, 2.05) is 46.0 Å². The molecule has 6 heteroatoms. The van der Waals surface area contributed by atoms with E-state index >= 15 is 0 Å². The molecule has 0 fully saturated rings. The summed E-state index contributed by atoms with van der Waals surface area (Å²) in [6.45, 7) is 1.84. The van der Waals surface area contributed by atoms with Crippen molar-refractivity contribution in [2.24, 2.45) is 0 Å². The van der Waals surface area contributed by atoms with Gasteiger partial charge in [0, 0.05) is 45.0 Å². The summed E-state index contributed by atoms with van der Waals surface area (Å²) in [5, 5.41) is 30.5. The standard InChI is InChI=1S/C17H26N2O4/c1-23-13-16(22)11-18(8-9-20)10-15(21)12-19-7-6-14-4-2-3-5-17(14)19/h2-7,15-16,20-22H,8-13H2,1H3/t15-,16-/m0/s1. The van der Waals surface area contributed by atoms with Crippen LogP contribution in [0, 0.1) is 0 Å². The van der Waals surface area contributed by atoms with Crippen molar-refractivity contribution < 1.29 is 20.1 Å². The monoisotopic (exact) mass is 322 g/mol. The molecule has 2 aromatic rings.